The van der Waals surface area contributed by atoms with Crippen molar-refractivity contribution in [3.05, 3.63) is 12.2 Å². The Kier molecular flexibility index (Phi) is 3.18. The van der Waals surface area contributed by atoms with Crippen LogP contribution in [0.2, 0.25) is 0 Å². The molecule has 11 heavy (non-hydrogen) atoms. The molecule has 2 nitrogen and oxygen atoms in total. The van der Waals surface area contributed by atoms with Gasteiger partial charge in [0.25, 0.3) is 5.91 Å². The van der Waals surface area contributed by atoms with Gasteiger partial charge in [-0.1, -0.05) is 19.4 Å². The van der Waals surface area contributed by atoms with Crippen LogP contribution in [0.3, 0.4) is 0 Å². The van der Waals surface area contributed by atoms with Crippen molar-refractivity contribution in [2.24, 2.45) is 10.4 Å². The minimum absolute atomic E-state index is 0.166. The lowest BCUT2D eigenvalue weighted by Gasteiger charge is -2.19. The van der Waals surface area contributed by atoms with E-state index in [4.69, 9.17) is 0 Å². The zero-order valence-electron chi connectivity index (χ0n) is 7.48. The Morgan fingerprint density at radius 3 is 2.27 bits per heavy atom. The number of carbonyl (C=O) groups is 1. The molecule has 62 valence electrons. The number of carbonyl (C=O) groups excluding carboxylic acids is 1. The average Bonchev–Trinajstić information content (AvgIpc) is 1.83. The summed E-state index contributed by atoms with van der Waals surface area (Å²) in [5, 5.41) is 0. The predicted molar refractivity (Wildman–Crippen MR) is 47.8 cm³/mol. The fourth-order valence-electron chi connectivity index (χ4n) is 1.04. The molecule has 0 unspecified atom stereocenters. The van der Waals surface area contributed by atoms with E-state index in [2.05, 4.69) is 18.3 Å². The van der Waals surface area contributed by atoms with Gasteiger partial charge in [0, 0.05) is 5.41 Å². The molecule has 0 radical (unpaired) electrons. The zero-order valence-corrected chi connectivity index (χ0v) is 7.48. The predicted octanol–water partition coefficient (Wildman–Crippen LogP) is 2.21. The molecule has 1 amide bonds. The molecule has 0 aromatic carbocycles. The Bertz CT molecular complexity index is 192. The number of nitrogens with zero attached hydrogens (tertiary/aromatic N) is 1. The van der Waals surface area contributed by atoms with Crippen LogP contribution in [0.5, 0.6) is 0 Å². The zero-order chi connectivity index (χ0) is 9.07. The van der Waals surface area contributed by atoms with Gasteiger partial charge in [0.15, 0.2) is 0 Å². The van der Waals surface area contributed by atoms with Crippen LogP contribution in [-0.4, -0.2) is 12.6 Å². The first-order valence-corrected chi connectivity index (χ1v) is 3.55. The van der Waals surface area contributed by atoms with E-state index in [-0.39, 0.29) is 5.91 Å². The van der Waals surface area contributed by atoms with E-state index in [1.807, 2.05) is 20.8 Å². The van der Waals surface area contributed by atoms with Crippen molar-refractivity contribution in [1.82, 2.24) is 0 Å². The minimum Gasteiger partial charge on any atom is -0.272 e. The summed E-state index contributed by atoms with van der Waals surface area (Å²) in [4.78, 5) is 14.5. The molecule has 0 aliphatic carbocycles. The molecule has 0 aromatic rings. The Hall–Kier alpha value is -0.920. The number of amides is 1. The second kappa shape index (κ2) is 3.46. The second-order valence-electron chi connectivity index (χ2n) is 3.48. The topological polar surface area (TPSA) is 29.4 Å². The van der Waals surface area contributed by atoms with Crippen LogP contribution >= 0.6 is 0 Å². The average molecular weight is 153 g/mol. The molecule has 0 saturated carbocycles. The van der Waals surface area contributed by atoms with Crippen LogP contribution in [0.25, 0.3) is 0 Å². The molecular weight excluding hydrogens is 138 g/mol. The quantitative estimate of drug-likeness (QED) is 0.451. The molecule has 0 spiro atoms. The summed E-state index contributed by atoms with van der Waals surface area (Å²) in [5.41, 5.74) is 0.556. The summed E-state index contributed by atoms with van der Waals surface area (Å²) in [5.74, 6) is -0.166. The first-order valence-electron chi connectivity index (χ1n) is 3.55. The van der Waals surface area contributed by atoms with Crippen molar-refractivity contribution in [1.29, 1.82) is 0 Å². The van der Waals surface area contributed by atoms with Gasteiger partial charge in [0.05, 0.1) is 0 Å². The Morgan fingerprint density at radius 2 is 2.00 bits per heavy atom. The molecular formula is C9H15NO. The lowest BCUT2D eigenvalue weighted by molar-refractivity contribution is -0.125. The van der Waals surface area contributed by atoms with Gasteiger partial charge in [0.1, 0.15) is 0 Å². The van der Waals surface area contributed by atoms with E-state index in [0.717, 1.165) is 5.57 Å². The molecule has 0 fully saturated rings. The van der Waals surface area contributed by atoms with E-state index in [1.165, 1.54) is 0 Å². The van der Waals surface area contributed by atoms with Crippen LogP contribution in [0.4, 0.5) is 0 Å². The third kappa shape index (κ3) is 3.12. The van der Waals surface area contributed by atoms with E-state index in [0.29, 0.717) is 6.42 Å². The molecule has 0 bridgehead atoms. The van der Waals surface area contributed by atoms with Gasteiger partial charge in [-0.25, -0.2) is 4.99 Å². The summed E-state index contributed by atoms with van der Waals surface area (Å²) in [6.07, 6.45) is 0.671. The summed E-state index contributed by atoms with van der Waals surface area (Å²) >= 11 is 0. The van der Waals surface area contributed by atoms with Crippen molar-refractivity contribution in [3.63, 3.8) is 0 Å². The van der Waals surface area contributed by atoms with Gasteiger partial charge in [-0.15, -0.1) is 6.58 Å². The normalized spacial score (nSPS) is 10.8. The highest BCUT2D eigenvalue weighted by molar-refractivity contribution is 5.85. The smallest absolute Gasteiger partial charge is 0.251 e. The highest BCUT2D eigenvalue weighted by Crippen LogP contribution is 2.25. The summed E-state index contributed by atoms with van der Waals surface area (Å²) < 4.78 is 0. The van der Waals surface area contributed by atoms with E-state index < -0.39 is 5.41 Å². The van der Waals surface area contributed by atoms with Crippen LogP contribution in [0.15, 0.2) is 17.1 Å². The van der Waals surface area contributed by atoms with Crippen LogP contribution in [-0.2, 0) is 4.79 Å². The Labute approximate surface area is 68.0 Å². The number of aliphatic imine (C=N–C) groups is 1. The van der Waals surface area contributed by atoms with Crippen LogP contribution in [0, 0.1) is 5.41 Å². The number of hydrogen-bond acceptors (Lipinski definition) is 1. The van der Waals surface area contributed by atoms with Crippen molar-refractivity contribution in [2.75, 3.05) is 0 Å². The largest absolute Gasteiger partial charge is 0.272 e. The first kappa shape index (κ1) is 10.1. The first-order chi connectivity index (χ1) is 4.90. The van der Waals surface area contributed by atoms with Crippen molar-refractivity contribution in [2.45, 2.75) is 27.2 Å². The lowest BCUT2D eigenvalue weighted by Crippen LogP contribution is -2.22. The molecule has 0 saturated heterocycles. The molecule has 0 atom stereocenters. The Balaban J connectivity index is 4.32. The van der Waals surface area contributed by atoms with Gasteiger partial charge in [0.2, 0.25) is 0 Å². The van der Waals surface area contributed by atoms with Crippen LogP contribution < -0.4 is 0 Å². The van der Waals surface area contributed by atoms with Crippen LogP contribution in [0.1, 0.15) is 27.2 Å². The van der Waals surface area contributed by atoms with Crippen molar-refractivity contribution >= 4 is 12.6 Å². The van der Waals surface area contributed by atoms with E-state index in [1.54, 1.807) is 0 Å². The number of allylic oxidation sites excluding steroid dienone is 1. The van der Waals surface area contributed by atoms with Crippen molar-refractivity contribution in [3.8, 4) is 0 Å². The maximum atomic E-state index is 11.1. The SMILES string of the molecule is C=NC(=O)C(C)(C)CC(=C)C. The van der Waals surface area contributed by atoms with Gasteiger partial charge in [-0.3, -0.25) is 4.79 Å². The summed E-state index contributed by atoms with van der Waals surface area (Å²) in [6.45, 7) is 12.5. The van der Waals surface area contributed by atoms with Gasteiger partial charge >= 0.3 is 0 Å². The lowest BCUT2D eigenvalue weighted by atomic mass is 9.86. The van der Waals surface area contributed by atoms with Gasteiger partial charge in [-0.05, 0) is 20.1 Å². The molecule has 0 heterocycles. The van der Waals surface area contributed by atoms with Gasteiger partial charge < -0.3 is 0 Å². The molecule has 0 aliphatic rings. The van der Waals surface area contributed by atoms with Crippen molar-refractivity contribution < 1.29 is 4.79 Å². The summed E-state index contributed by atoms with van der Waals surface area (Å²) in [7, 11) is 0. The highest BCUT2D eigenvalue weighted by Gasteiger charge is 2.26. The molecule has 2 heteroatoms. The monoisotopic (exact) mass is 153 g/mol. The summed E-state index contributed by atoms with van der Waals surface area (Å²) in [6, 6.07) is 0. The third-order valence-electron chi connectivity index (χ3n) is 1.47. The fraction of sp³-hybridized carbons (Fsp3) is 0.556. The standard InChI is InChI=1S/C9H15NO/c1-7(2)6-9(3,4)8(11)10-5/h1,5-6H2,2-4H3. The molecule has 0 N–H and O–H groups in total. The fourth-order valence-corrected chi connectivity index (χ4v) is 1.04. The highest BCUT2D eigenvalue weighted by atomic mass is 16.1. The number of hydrogen-bond donors (Lipinski definition) is 0. The van der Waals surface area contributed by atoms with E-state index in [9.17, 15) is 4.79 Å². The maximum Gasteiger partial charge on any atom is 0.251 e. The van der Waals surface area contributed by atoms with Gasteiger partial charge in [-0.2, -0.15) is 0 Å². The number of rotatable bonds is 3. The third-order valence-corrected chi connectivity index (χ3v) is 1.47. The molecule has 0 rings (SSSR count). The van der Waals surface area contributed by atoms with E-state index >= 15 is 0 Å². The minimum atomic E-state index is -0.437. The molecule has 0 aromatic heterocycles. The maximum absolute atomic E-state index is 11.1. The second-order valence-corrected chi connectivity index (χ2v) is 3.48. The molecule has 0 aliphatic heterocycles. The Morgan fingerprint density at radius 1 is 1.55 bits per heavy atom.